The first-order chi connectivity index (χ1) is 10.7. The van der Waals surface area contributed by atoms with Gasteiger partial charge in [-0.3, -0.25) is 4.98 Å². The molecule has 0 amide bonds. The predicted molar refractivity (Wildman–Crippen MR) is 89.7 cm³/mol. The number of nitrogens with zero attached hydrogens (tertiary/aromatic N) is 1. The number of aryl methyl sites for hydroxylation is 1. The molecular formula is C20H20FN. The van der Waals surface area contributed by atoms with E-state index in [1.165, 1.54) is 22.8 Å². The smallest absolute Gasteiger partial charge is 0.123 e. The van der Waals surface area contributed by atoms with Gasteiger partial charge in [-0.15, -0.1) is 0 Å². The molecule has 22 heavy (non-hydrogen) atoms. The molecule has 112 valence electrons. The lowest BCUT2D eigenvalue weighted by Crippen LogP contribution is -2.04. The van der Waals surface area contributed by atoms with Gasteiger partial charge >= 0.3 is 0 Å². The summed E-state index contributed by atoms with van der Waals surface area (Å²) < 4.78 is 13.7. The standard InChI is InChI=1S/C20H20FN/c1-3-16-17(12-14-8-6-5-7-9-14)18-13-15(21)10-11-20(18)22-19(16)4-2/h5-11,13H,3-4,12H2,1-2H3. The molecule has 3 aromatic rings. The van der Waals surface area contributed by atoms with Gasteiger partial charge in [0.25, 0.3) is 0 Å². The molecule has 1 heterocycles. The van der Waals surface area contributed by atoms with Crippen molar-refractivity contribution in [3.05, 3.63) is 76.7 Å². The fourth-order valence-corrected chi connectivity index (χ4v) is 3.11. The highest BCUT2D eigenvalue weighted by Gasteiger charge is 2.14. The Morgan fingerprint density at radius 3 is 2.36 bits per heavy atom. The van der Waals surface area contributed by atoms with Crippen LogP contribution in [0, 0.1) is 5.82 Å². The molecular weight excluding hydrogens is 273 g/mol. The van der Waals surface area contributed by atoms with Crippen molar-refractivity contribution in [2.75, 3.05) is 0 Å². The van der Waals surface area contributed by atoms with Gasteiger partial charge in [0, 0.05) is 11.1 Å². The van der Waals surface area contributed by atoms with Crippen LogP contribution in [0.5, 0.6) is 0 Å². The summed E-state index contributed by atoms with van der Waals surface area (Å²) in [7, 11) is 0. The van der Waals surface area contributed by atoms with Gasteiger partial charge in [0.2, 0.25) is 0 Å². The molecule has 0 atom stereocenters. The molecule has 0 saturated carbocycles. The van der Waals surface area contributed by atoms with E-state index in [0.717, 1.165) is 35.9 Å². The van der Waals surface area contributed by atoms with E-state index < -0.39 is 0 Å². The molecule has 2 heteroatoms. The maximum absolute atomic E-state index is 13.7. The first kappa shape index (κ1) is 14.7. The number of benzene rings is 2. The Balaban J connectivity index is 2.25. The second kappa shape index (κ2) is 6.27. The van der Waals surface area contributed by atoms with Crippen LogP contribution in [0.2, 0.25) is 0 Å². The fourth-order valence-electron chi connectivity index (χ4n) is 3.11. The number of rotatable bonds is 4. The van der Waals surface area contributed by atoms with Crippen LogP contribution in [0.25, 0.3) is 10.9 Å². The van der Waals surface area contributed by atoms with Gasteiger partial charge in [-0.1, -0.05) is 44.2 Å². The highest BCUT2D eigenvalue weighted by Crippen LogP contribution is 2.27. The fraction of sp³-hybridized carbons (Fsp3) is 0.250. The predicted octanol–water partition coefficient (Wildman–Crippen LogP) is 5.09. The van der Waals surface area contributed by atoms with Crippen LogP contribution in [0.1, 0.15) is 36.2 Å². The maximum atomic E-state index is 13.7. The number of fused-ring (bicyclic) bond motifs is 1. The Morgan fingerprint density at radius 2 is 1.68 bits per heavy atom. The van der Waals surface area contributed by atoms with E-state index in [0.29, 0.717) is 0 Å². The zero-order valence-electron chi connectivity index (χ0n) is 13.1. The van der Waals surface area contributed by atoms with Crippen molar-refractivity contribution in [1.82, 2.24) is 4.98 Å². The second-order valence-electron chi connectivity index (χ2n) is 5.55. The molecule has 0 saturated heterocycles. The van der Waals surface area contributed by atoms with Crippen molar-refractivity contribution in [3.63, 3.8) is 0 Å². The van der Waals surface area contributed by atoms with E-state index in [1.54, 1.807) is 12.1 Å². The molecule has 1 nitrogen and oxygen atoms in total. The molecule has 2 aromatic carbocycles. The number of aromatic nitrogens is 1. The second-order valence-corrected chi connectivity index (χ2v) is 5.55. The van der Waals surface area contributed by atoms with Crippen molar-refractivity contribution in [2.24, 2.45) is 0 Å². The molecule has 0 radical (unpaired) electrons. The Bertz CT molecular complexity index is 794. The van der Waals surface area contributed by atoms with E-state index in [2.05, 4.69) is 26.0 Å². The maximum Gasteiger partial charge on any atom is 0.123 e. The summed E-state index contributed by atoms with van der Waals surface area (Å²) in [5.41, 5.74) is 5.75. The van der Waals surface area contributed by atoms with Gasteiger partial charge in [-0.25, -0.2) is 4.39 Å². The minimum atomic E-state index is -0.199. The van der Waals surface area contributed by atoms with Crippen LogP contribution in [0.15, 0.2) is 48.5 Å². The zero-order valence-corrected chi connectivity index (χ0v) is 13.1. The van der Waals surface area contributed by atoms with Crippen molar-refractivity contribution in [2.45, 2.75) is 33.1 Å². The van der Waals surface area contributed by atoms with Gasteiger partial charge in [0.15, 0.2) is 0 Å². The molecule has 0 spiro atoms. The normalized spacial score (nSPS) is 11.0. The highest BCUT2D eigenvalue weighted by molar-refractivity contribution is 5.84. The third-order valence-electron chi connectivity index (χ3n) is 4.16. The Morgan fingerprint density at radius 1 is 0.909 bits per heavy atom. The molecule has 0 aliphatic heterocycles. The summed E-state index contributed by atoms with van der Waals surface area (Å²) in [4.78, 5) is 4.74. The molecule has 1 aromatic heterocycles. The van der Waals surface area contributed by atoms with Crippen LogP contribution < -0.4 is 0 Å². The van der Waals surface area contributed by atoms with Gasteiger partial charge in [0.1, 0.15) is 5.82 Å². The number of hydrogen-bond donors (Lipinski definition) is 0. The summed E-state index contributed by atoms with van der Waals surface area (Å²) in [6.45, 7) is 4.28. The van der Waals surface area contributed by atoms with E-state index in [4.69, 9.17) is 4.98 Å². The van der Waals surface area contributed by atoms with Crippen LogP contribution >= 0.6 is 0 Å². The molecule has 0 N–H and O–H groups in total. The third kappa shape index (κ3) is 2.74. The first-order valence-electron chi connectivity index (χ1n) is 7.86. The Labute approximate surface area is 130 Å². The molecule has 0 fully saturated rings. The number of pyridine rings is 1. The average molecular weight is 293 g/mol. The summed E-state index contributed by atoms with van der Waals surface area (Å²) in [5, 5.41) is 0.943. The molecule has 0 aliphatic carbocycles. The molecule has 0 unspecified atom stereocenters. The van der Waals surface area contributed by atoms with E-state index in [-0.39, 0.29) is 5.82 Å². The van der Waals surface area contributed by atoms with Crippen LogP contribution in [0.3, 0.4) is 0 Å². The van der Waals surface area contributed by atoms with Gasteiger partial charge in [-0.2, -0.15) is 0 Å². The topological polar surface area (TPSA) is 12.9 Å². The van der Waals surface area contributed by atoms with Gasteiger partial charge in [0.05, 0.1) is 5.52 Å². The van der Waals surface area contributed by atoms with Crippen LogP contribution in [0.4, 0.5) is 4.39 Å². The lowest BCUT2D eigenvalue weighted by molar-refractivity contribution is 0.629. The van der Waals surface area contributed by atoms with Crippen LogP contribution in [-0.4, -0.2) is 4.98 Å². The SMILES string of the molecule is CCc1nc2ccc(F)cc2c(Cc2ccccc2)c1CC. The Kier molecular flexibility index (Phi) is 4.19. The average Bonchev–Trinajstić information content (AvgIpc) is 2.55. The van der Waals surface area contributed by atoms with E-state index in [1.807, 2.05) is 18.2 Å². The highest BCUT2D eigenvalue weighted by atomic mass is 19.1. The Hall–Kier alpha value is -2.22. The summed E-state index contributed by atoms with van der Waals surface area (Å²) in [5.74, 6) is -0.199. The zero-order chi connectivity index (χ0) is 15.5. The van der Waals surface area contributed by atoms with E-state index in [9.17, 15) is 4.39 Å². The number of hydrogen-bond acceptors (Lipinski definition) is 1. The summed E-state index contributed by atoms with van der Waals surface area (Å²) >= 11 is 0. The minimum Gasteiger partial charge on any atom is -0.253 e. The molecule has 0 aliphatic rings. The monoisotopic (exact) mass is 293 g/mol. The molecule has 0 bridgehead atoms. The largest absolute Gasteiger partial charge is 0.253 e. The van der Waals surface area contributed by atoms with Crippen molar-refractivity contribution < 1.29 is 4.39 Å². The summed E-state index contributed by atoms with van der Waals surface area (Å²) in [6, 6.07) is 15.3. The summed E-state index contributed by atoms with van der Waals surface area (Å²) in [6.07, 6.45) is 2.64. The van der Waals surface area contributed by atoms with E-state index >= 15 is 0 Å². The van der Waals surface area contributed by atoms with Gasteiger partial charge in [-0.05, 0) is 54.2 Å². The quantitative estimate of drug-likeness (QED) is 0.653. The minimum absolute atomic E-state index is 0.199. The first-order valence-corrected chi connectivity index (χ1v) is 7.86. The molecule has 3 rings (SSSR count). The third-order valence-corrected chi connectivity index (χ3v) is 4.16. The van der Waals surface area contributed by atoms with Gasteiger partial charge < -0.3 is 0 Å². The van der Waals surface area contributed by atoms with Crippen molar-refractivity contribution in [1.29, 1.82) is 0 Å². The number of halogens is 1. The van der Waals surface area contributed by atoms with Crippen LogP contribution in [-0.2, 0) is 19.3 Å². The lowest BCUT2D eigenvalue weighted by Gasteiger charge is -2.16. The lowest BCUT2D eigenvalue weighted by atomic mass is 9.92. The van der Waals surface area contributed by atoms with Crippen molar-refractivity contribution in [3.8, 4) is 0 Å². The van der Waals surface area contributed by atoms with Crippen molar-refractivity contribution >= 4 is 10.9 Å².